The minimum atomic E-state index is 0.307. The summed E-state index contributed by atoms with van der Waals surface area (Å²) in [5.74, 6) is 0.906. The summed E-state index contributed by atoms with van der Waals surface area (Å²) in [7, 11) is 0. The maximum atomic E-state index is 6.22. The summed E-state index contributed by atoms with van der Waals surface area (Å²) < 4.78 is 0. The van der Waals surface area contributed by atoms with Crippen molar-refractivity contribution in [2.45, 2.75) is 25.7 Å². The number of halogens is 2. The van der Waals surface area contributed by atoms with E-state index in [1.165, 1.54) is 4.88 Å². The van der Waals surface area contributed by atoms with Crippen LogP contribution in [0.5, 0.6) is 0 Å². The lowest BCUT2D eigenvalue weighted by molar-refractivity contribution is 0.688. The van der Waals surface area contributed by atoms with Crippen LogP contribution in [0.15, 0.2) is 29.8 Å². The van der Waals surface area contributed by atoms with Crippen molar-refractivity contribution < 1.29 is 0 Å². The van der Waals surface area contributed by atoms with Crippen molar-refractivity contribution in [3.63, 3.8) is 0 Å². The third-order valence-electron chi connectivity index (χ3n) is 3.10. The molecule has 2 aromatic rings. The number of hydrogen-bond acceptors (Lipinski definition) is 2. The number of aryl methyl sites for hydroxylation is 2. The Balaban J connectivity index is 2.07. The second-order valence-corrected chi connectivity index (χ2v) is 5.93. The van der Waals surface area contributed by atoms with Crippen LogP contribution in [0.1, 0.15) is 28.5 Å². The third-order valence-corrected chi connectivity index (χ3v) is 4.81. The quantitative estimate of drug-likeness (QED) is 0.703. The second-order valence-electron chi connectivity index (χ2n) is 4.27. The second kappa shape index (κ2) is 6.55. The van der Waals surface area contributed by atoms with E-state index < -0.39 is 0 Å². The van der Waals surface area contributed by atoms with Gasteiger partial charge in [-0.2, -0.15) is 0 Å². The molecule has 0 amide bonds. The van der Waals surface area contributed by atoms with Crippen molar-refractivity contribution in [2.24, 2.45) is 0 Å². The number of alkyl halides is 1. The SMILES string of the molecule is Cc1ncsc1CCC(CCl)c1ccccc1Cl. The van der Waals surface area contributed by atoms with E-state index in [9.17, 15) is 0 Å². The van der Waals surface area contributed by atoms with Crippen LogP contribution in [0.2, 0.25) is 5.02 Å². The molecule has 0 aliphatic rings. The van der Waals surface area contributed by atoms with Gasteiger partial charge in [-0.05, 0) is 37.3 Å². The average molecular weight is 300 g/mol. The first kappa shape index (κ1) is 13.9. The van der Waals surface area contributed by atoms with Crippen molar-refractivity contribution in [1.82, 2.24) is 4.98 Å². The number of aromatic nitrogens is 1. The summed E-state index contributed by atoms with van der Waals surface area (Å²) >= 11 is 14.0. The topological polar surface area (TPSA) is 12.9 Å². The summed E-state index contributed by atoms with van der Waals surface area (Å²) in [5, 5.41) is 0.809. The van der Waals surface area contributed by atoms with Gasteiger partial charge in [-0.3, -0.25) is 0 Å². The molecular formula is C14H15Cl2NS. The molecule has 1 atom stereocenters. The Hall–Kier alpha value is -0.570. The fourth-order valence-electron chi connectivity index (χ4n) is 1.99. The highest BCUT2D eigenvalue weighted by Crippen LogP contribution is 2.30. The fourth-order valence-corrected chi connectivity index (χ4v) is 3.40. The normalized spacial score (nSPS) is 12.6. The van der Waals surface area contributed by atoms with Gasteiger partial charge in [0.15, 0.2) is 0 Å². The maximum Gasteiger partial charge on any atom is 0.0797 e. The maximum absolute atomic E-state index is 6.22. The van der Waals surface area contributed by atoms with Gasteiger partial charge < -0.3 is 0 Å². The lowest BCUT2D eigenvalue weighted by Crippen LogP contribution is -2.03. The van der Waals surface area contributed by atoms with Gasteiger partial charge in [0.1, 0.15) is 0 Å². The van der Waals surface area contributed by atoms with E-state index in [0.29, 0.717) is 11.8 Å². The van der Waals surface area contributed by atoms with Gasteiger partial charge >= 0.3 is 0 Å². The van der Waals surface area contributed by atoms with Crippen LogP contribution in [0.4, 0.5) is 0 Å². The standard InChI is InChI=1S/C14H15Cl2NS/c1-10-14(18-9-17-10)7-6-11(8-15)12-4-2-3-5-13(12)16/h2-5,9,11H,6-8H2,1H3. The number of hydrogen-bond donors (Lipinski definition) is 0. The smallest absolute Gasteiger partial charge is 0.0797 e. The summed E-state index contributed by atoms with van der Waals surface area (Å²) in [5.41, 5.74) is 4.18. The van der Waals surface area contributed by atoms with Crippen LogP contribution in [0.3, 0.4) is 0 Å². The van der Waals surface area contributed by atoms with Crippen molar-refractivity contribution in [3.05, 3.63) is 50.9 Å². The predicted octanol–water partition coefficient (Wildman–Crippen LogP) is 5.06. The highest BCUT2D eigenvalue weighted by atomic mass is 35.5. The molecule has 1 heterocycles. The molecule has 0 saturated carbocycles. The molecule has 4 heteroatoms. The molecule has 0 bridgehead atoms. The Bertz CT molecular complexity index is 510. The van der Waals surface area contributed by atoms with Crippen LogP contribution >= 0.6 is 34.5 Å². The molecule has 0 spiro atoms. The molecule has 1 nitrogen and oxygen atoms in total. The molecule has 0 saturated heterocycles. The van der Waals surface area contributed by atoms with Crippen LogP contribution in [-0.2, 0) is 6.42 Å². The zero-order chi connectivity index (χ0) is 13.0. The van der Waals surface area contributed by atoms with E-state index in [1.807, 2.05) is 23.7 Å². The summed E-state index contributed by atoms with van der Waals surface area (Å²) in [6.45, 7) is 2.05. The number of nitrogens with zero attached hydrogens (tertiary/aromatic N) is 1. The largest absolute Gasteiger partial charge is 0.250 e. The molecular weight excluding hydrogens is 285 g/mol. The van der Waals surface area contributed by atoms with E-state index in [4.69, 9.17) is 23.2 Å². The lowest BCUT2D eigenvalue weighted by Gasteiger charge is -2.15. The van der Waals surface area contributed by atoms with Crippen molar-refractivity contribution >= 4 is 34.5 Å². The first-order valence-electron chi connectivity index (χ1n) is 5.91. The van der Waals surface area contributed by atoms with Crippen molar-refractivity contribution in [1.29, 1.82) is 0 Å². The van der Waals surface area contributed by atoms with Gasteiger partial charge in [-0.15, -0.1) is 22.9 Å². The lowest BCUT2D eigenvalue weighted by atomic mass is 9.95. The van der Waals surface area contributed by atoms with Gasteiger partial charge in [0.2, 0.25) is 0 Å². The molecule has 1 unspecified atom stereocenters. The summed E-state index contributed by atoms with van der Waals surface area (Å²) in [6.07, 6.45) is 2.02. The number of benzene rings is 1. The minimum Gasteiger partial charge on any atom is -0.250 e. The summed E-state index contributed by atoms with van der Waals surface area (Å²) in [6, 6.07) is 7.95. The van der Waals surface area contributed by atoms with Crippen molar-refractivity contribution in [2.75, 3.05) is 5.88 Å². The Morgan fingerprint density at radius 3 is 2.72 bits per heavy atom. The minimum absolute atomic E-state index is 0.307. The van der Waals surface area contributed by atoms with Crippen molar-refractivity contribution in [3.8, 4) is 0 Å². The van der Waals surface area contributed by atoms with E-state index >= 15 is 0 Å². The Labute approximate surface area is 122 Å². The van der Waals surface area contributed by atoms with Gasteiger partial charge in [0, 0.05) is 15.8 Å². The molecule has 2 rings (SSSR count). The molecule has 0 radical (unpaired) electrons. The molecule has 1 aromatic heterocycles. The highest BCUT2D eigenvalue weighted by molar-refractivity contribution is 7.09. The van der Waals surface area contributed by atoms with E-state index in [0.717, 1.165) is 29.1 Å². The monoisotopic (exact) mass is 299 g/mol. The Kier molecular flexibility index (Phi) is 5.04. The molecule has 1 aromatic carbocycles. The summed E-state index contributed by atoms with van der Waals surface area (Å²) in [4.78, 5) is 5.61. The molecule has 0 aliphatic carbocycles. The number of rotatable bonds is 5. The van der Waals surface area contributed by atoms with Gasteiger partial charge in [-0.25, -0.2) is 4.98 Å². The van der Waals surface area contributed by atoms with E-state index in [2.05, 4.69) is 18.0 Å². The molecule has 0 fully saturated rings. The number of thiazole rings is 1. The predicted molar refractivity (Wildman–Crippen MR) is 80.1 cm³/mol. The third kappa shape index (κ3) is 3.25. The molecule has 0 N–H and O–H groups in total. The first-order chi connectivity index (χ1) is 8.72. The van der Waals surface area contributed by atoms with Crippen LogP contribution in [0.25, 0.3) is 0 Å². The highest BCUT2D eigenvalue weighted by Gasteiger charge is 2.14. The zero-order valence-corrected chi connectivity index (χ0v) is 12.5. The van der Waals surface area contributed by atoms with Gasteiger partial charge in [-0.1, -0.05) is 29.8 Å². The molecule has 0 aliphatic heterocycles. The Morgan fingerprint density at radius 1 is 1.33 bits per heavy atom. The van der Waals surface area contributed by atoms with Crippen LogP contribution < -0.4 is 0 Å². The van der Waals surface area contributed by atoms with E-state index in [1.54, 1.807) is 11.3 Å². The van der Waals surface area contributed by atoms with Crippen LogP contribution in [-0.4, -0.2) is 10.9 Å². The molecule has 96 valence electrons. The van der Waals surface area contributed by atoms with E-state index in [-0.39, 0.29) is 0 Å². The fraction of sp³-hybridized carbons (Fsp3) is 0.357. The molecule has 18 heavy (non-hydrogen) atoms. The zero-order valence-electron chi connectivity index (χ0n) is 10.2. The average Bonchev–Trinajstić information content (AvgIpc) is 2.78. The Morgan fingerprint density at radius 2 is 2.11 bits per heavy atom. The van der Waals surface area contributed by atoms with Gasteiger partial charge in [0.05, 0.1) is 11.2 Å². The first-order valence-corrected chi connectivity index (χ1v) is 7.71. The van der Waals surface area contributed by atoms with Crippen LogP contribution in [0, 0.1) is 6.92 Å². The van der Waals surface area contributed by atoms with Gasteiger partial charge in [0.25, 0.3) is 0 Å².